The molecule has 0 fully saturated rings. The number of para-hydroxylation sites is 1. The number of aliphatic hydroxyl groups excluding tert-OH is 1. The van der Waals surface area contributed by atoms with Crippen LogP contribution in [-0.2, 0) is 20.6 Å². The molecule has 4 rings (SSSR count). The van der Waals surface area contributed by atoms with E-state index in [1.807, 2.05) is 55.5 Å². The molecule has 2 heterocycles. The zero-order chi connectivity index (χ0) is 25.1. The zero-order valence-electron chi connectivity index (χ0n) is 19.5. The maximum atomic E-state index is 13.0. The van der Waals surface area contributed by atoms with Gasteiger partial charge in [0.25, 0.3) is 5.56 Å². The Hall–Kier alpha value is -3.70. The van der Waals surface area contributed by atoms with E-state index in [4.69, 9.17) is 4.74 Å². The number of fused-ring (bicyclic) bond motifs is 1. The summed E-state index contributed by atoms with van der Waals surface area (Å²) in [5, 5.41) is 15.0. The molecule has 2 aromatic carbocycles. The molecule has 10 nitrogen and oxygen atoms in total. The van der Waals surface area contributed by atoms with Crippen LogP contribution < -0.4 is 21.4 Å². The first-order valence-corrected chi connectivity index (χ1v) is 11.6. The van der Waals surface area contributed by atoms with Crippen molar-refractivity contribution in [1.29, 1.82) is 0 Å². The molecule has 4 aromatic rings. The van der Waals surface area contributed by atoms with Gasteiger partial charge in [-0.2, -0.15) is 10.1 Å². The molecule has 0 amide bonds. The number of hydrogen-bond donors (Lipinski definition) is 2. The minimum absolute atomic E-state index is 0.00178. The van der Waals surface area contributed by atoms with Crippen molar-refractivity contribution in [1.82, 2.24) is 18.7 Å². The first-order valence-electron chi connectivity index (χ1n) is 10.8. The molecule has 35 heavy (non-hydrogen) atoms. The molecule has 0 saturated carbocycles. The number of anilines is 1. The monoisotopic (exact) mass is 540 g/mol. The van der Waals surface area contributed by atoms with Crippen molar-refractivity contribution in [3.8, 4) is 5.75 Å². The second-order valence-corrected chi connectivity index (χ2v) is 8.99. The van der Waals surface area contributed by atoms with Crippen LogP contribution in [0.25, 0.3) is 11.2 Å². The molecule has 0 spiro atoms. The summed E-state index contributed by atoms with van der Waals surface area (Å²) in [5.74, 6) is 0.874. The van der Waals surface area contributed by atoms with Gasteiger partial charge in [0, 0.05) is 18.6 Å². The molecule has 11 heteroatoms. The van der Waals surface area contributed by atoms with Crippen LogP contribution >= 0.6 is 15.9 Å². The fourth-order valence-electron chi connectivity index (χ4n) is 3.59. The zero-order valence-corrected chi connectivity index (χ0v) is 21.1. The van der Waals surface area contributed by atoms with E-state index in [1.165, 1.54) is 23.2 Å². The number of hydrogen-bond acceptors (Lipinski definition) is 7. The maximum absolute atomic E-state index is 13.0. The van der Waals surface area contributed by atoms with Gasteiger partial charge in [-0.1, -0.05) is 46.3 Å². The molecule has 2 aromatic heterocycles. The van der Waals surface area contributed by atoms with Crippen LogP contribution in [-0.4, -0.2) is 42.7 Å². The van der Waals surface area contributed by atoms with Crippen molar-refractivity contribution in [2.24, 2.45) is 19.2 Å². The van der Waals surface area contributed by atoms with Crippen LogP contribution in [0.2, 0.25) is 0 Å². The van der Waals surface area contributed by atoms with E-state index < -0.39 is 17.4 Å². The predicted molar refractivity (Wildman–Crippen MR) is 138 cm³/mol. The Kier molecular flexibility index (Phi) is 7.17. The summed E-state index contributed by atoms with van der Waals surface area (Å²) in [7, 11) is 2.94. The fraction of sp³-hybridized carbons (Fsp3) is 0.250. The lowest BCUT2D eigenvalue weighted by Crippen LogP contribution is -2.38. The van der Waals surface area contributed by atoms with Crippen LogP contribution in [0.1, 0.15) is 11.1 Å². The first kappa shape index (κ1) is 24.4. The average Bonchev–Trinajstić information content (AvgIpc) is 3.20. The number of ether oxygens (including phenoxy) is 1. The average molecular weight is 541 g/mol. The van der Waals surface area contributed by atoms with Crippen molar-refractivity contribution in [3.05, 3.63) is 85.0 Å². The molecule has 1 atom stereocenters. The SMILES string of the molecule is Cc1ccccc1OC[C@H](O)Cn1c(N/N=C\c2ccc(Br)cc2)nc2c1c(=O)n(C)c(=O)n2C. The largest absolute Gasteiger partial charge is 0.491 e. The third-order valence-corrected chi connectivity index (χ3v) is 6.04. The Labute approximate surface area is 209 Å². The summed E-state index contributed by atoms with van der Waals surface area (Å²) < 4.78 is 10.5. The van der Waals surface area contributed by atoms with Crippen LogP contribution in [0.5, 0.6) is 5.75 Å². The normalized spacial score (nSPS) is 12.4. The van der Waals surface area contributed by atoms with Gasteiger partial charge in [-0.15, -0.1) is 0 Å². The molecule has 0 radical (unpaired) electrons. The highest BCUT2D eigenvalue weighted by Crippen LogP contribution is 2.19. The summed E-state index contributed by atoms with van der Waals surface area (Å²) in [4.78, 5) is 29.8. The second kappa shape index (κ2) is 10.3. The summed E-state index contributed by atoms with van der Waals surface area (Å²) >= 11 is 3.39. The fourth-order valence-corrected chi connectivity index (χ4v) is 3.86. The minimum atomic E-state index is -0.968. The van der Waals surface area contributed by atoms with Gasteiger partial charge in [0.1, 0.15) is 18.5 Å². The molecule has 0 aliphatic carbocycles. The molecule has 0 unspecified atom stereocenters. The maximum Gasteiger partial charge on any atom is 0.332 e. The van der Waals surface area contributed by atoms with Gasteiger partial charge in [0.2, 0.25) is 5.95 Å². The summed E-state index contributed by atoms with van der Waals surface area (Å²) in [5.41, 5.74) is 3.97. The van der Waals surface area contributed by atoms with Crippen molar-refractivity contribution in [2.45, 2.75) is 19.6 Å². The van der Waals surface area contributed by atoms with Gasteiger partial charge in [0.05, 0.1) is 12.8 Å². The molecular formula is C24H25BrN6O4. The number of aromatic nitrogens is 4. The Morgan fingerprint density at radius 3 is 2.57 bits per heavy atom. The number of aryl methyl sites for hydroxylation is 2. The van der Waals surface area contributed by atoms with Crippen LogP contribution in [0.3, 0.4) is 0 Å². The number of nitrogens with zero attached hydrogens (tertiary/aromatic N) is 5. The standard InChI is InChI=1S/C24H25BrN6O4/c1-15-6-4-5-7-19(15)35-14-18(32)13-31-20-21(29(2)24(34)30(3)22(20)33)27-23(31)28-26-12-16-8-10-17(25)11-9-16/h4-12,18,32H,13-14H2,1-3H3,(H,27,28)/b26-12-/t18-/m1/s1. The van der Waals surface area contributed by atoms with E-state index in [0.717, 1.165) is 20.2 Å². The van der Waals surface area contributed by atoms with E-state index >= 15 is 0 Å². The van der Waals surface area contributed by atoms with Gasteiger partial charge < -0.3 is 14.4 Å². The Morgan fingerprint density at radius 1 is 1.14 bits per heavy atom. The molecule has 0 saturated heterocycles. The van der Waals surface area contributed by atoms with E-state index in [-0.39, 0.29) is 30.3 Å². The first-order chi connectivity index (χ1) is 16.8. The lowest BCUT2D eigenvalue weighted by atomic mass is 10.2. The molecule has 182 valence electrons. The van der Waals surface area contributed by atoms with Gasteiger partial charge in [-0.05, 0) is 36.2 Å². The van der Waals surface area contributed by atoms with Gasteiger partial charge in [0.15, 0.2) is 11.2 Å². The summed E-state index contributed by atoms with van der Waals surface area (Å²) in [6, 6.07) is 15.0. The van der Waals surface area contributed by atoms with E-state index in [0.29, 0.717) is 5.75 Å². The Balaban J connectivity index is 1.66. The topological polar surface area (TPSA) is 116 Å². The third-order valence-electron chi connectivity index (χ3n) is 5.51. The van der Waals surface area contributed by atoms with Gasteiger partial charge >= 0.3 is 5.69 Å². The Bertz CT molecular complexity index is 1500. The van der Waals surface area contributed by atoms with Crippen LogP contribution in [0.4, 0.5) is 5.95 Å². The van der Waals surface area contributed by atoms with Crippen molar-refractivity contribution >= 4 is 39.3 Å². The van der Waals surface area contributed by atoms with Gasteiger partial charge in [-0.25, -0.2) is 10.2 Å². The highest BCUT2D eigenvalue weighted by atomic mass is 79.9. The summed E-state index contributed by atoms with van der Waals surface area (Å²) in [6.07, 6.45) is 0.635. The smallest absolute Gasteiger partial charge is 0.332 e. The van der Waals surface area contributed by atoms with E-state index in [1.54, 1.807) is 6.21 Å². The van der Waals surface area contributed by atoms with E-state index in [9.17, 15) is 14.7 Å². The lowest BCUT2D eigenvalue weighted by Gasteiger charge is -2.16. The van der Waals surface area contributed by atoms with Crippen LogP contribution in [0, 0.1) is 6.92 Å². The molecule has 0 bridgehead atoms. The van der Waals surface area contributed by atoms with Crippen molar-refractivity contribution < 1.29 is 9.84 Å². The quantitative estimate of drug-likeness (QED) is 0.262. The van der Waals surface area contributed by atoms with Gasteiger partial charge in [-0.3, -0.25) is 13.9 Å². The highest BCUT2D eigenvalue weighted by molar-refractivity contribution is 9.10. The van der Waals surface area contributed by atoms with E-state index in [2.05, 4.69) is 31.4 Å². The molecular weight excluding hydrogens is 516 g/mol. The number of halogens is 1. The van der Waals surface area contributed by atoms with Crippen LogP contribution in [0.15, 0.2) is 67.7 Å². The number of imidazole rings is 1. The summed E-state index contributed by atoms with van der Waals surface area (Å²) in [6.45, 7) is 1.91. The number of nitrogens with one attached hydrogen (secondary N) is 1. The number of rotatable bonds is 8. The van der Waals surface area contributed by atoms with Crippen molar-refractivity contribution in [2.75, 3.05) is 12.0 Å². The molecule has 2 N–H and O–H groups in total. The lowest BCUT2D eigenvalue weighted by molar-refractivity contribution is 0.0935. The molecule has 0 aliphatic heterocycles. The third kappa shape index (κ3) is 5.20. The number of hydrazone groups is 1. The molecule has 0 aliphatic rings. The number of aliphatic hydroxyl groups is 1. The van der Waals surface area contributed by atoms with Crippen molar-refractivity contribution in [3.63, 3.8) is 0 Å². The highest BCUT2D eigenvalue weighted by Gasteiger charge is 2.21. The minimum Gasteiger partial charge on any atom is -0.491 e. The predicted octanol–water partition coefficient (Wildman–Crippen LogP) is 2.39. The Morgan fingerprint density at radius 2 is 1.86 bits per heavy atom. The second-order valence-electron chi connectivity index (χ2n) is 8.08. The number of benzene rings is 2.